The van der Waals surface area contributed by atoms with Gasteiger partial charge in [0, 0.05) is 10.0 Å². The highest BCUT2D eigenvalue weighted by Gasteiger charge is 2.82. The van der Waals surface area contributed by atoms with E-state index in [-0.39, 0.29) is 28.7 Å². The van der Waals surface area contributed by atoms with Crippen molar-refractivity contribution in [2.24, 2.45) is 11.8 Å². The van der Waals surface area contributed by atoms with Crippen LogP contribution in [0.2, 0.25) is 15.1 Å². The van der Waals surface area contributed by atoms with Crippen molar-refractivity contribution < 1.29 is 23.9 Å². The van der Waals surface area contributed by atoms with Gasteiger partial charge in [0.15, 0.2) is 5.78 Å². The third-order valence-corrected chi connectivity index (χ3v) is 11.3. The molecule has 5 aromatic carbocycles. The van der Waals surface area contributed by atoms with Crippen molar-refractivity contribution in [3.8, 4) is 0 Å². The number of imide groups is 1. The van der Waals surface area contributed by atoms with Gasteiger partial charge in [-0.3, -0.25) is 14.4 Å². The highest BCUT2D eigenvalue weighted by atomic mass is 35.5. The van der Waals surface area contributed by atoms with Gasteiger partial charge in [-0.2, -0.15) is 0 Å². The number of nitrogens with zero attached hydrogens (tertiary/aromatic N) is 1. The van der Waals surface area contributed by atoms with E-state index >= 15 is 14.4 Å². The molecule has 2 aliphatic carbocycles. The second-order valence-corrected chi connectivity index (χ2v) is 14.1. The van der Waals surface area contributed by atoms with Crippen LogP contribution in [0.25, 0.3) is 11.1 Å². The maximum atomic E-state index is 16.0. The minimum absolute atomic E-state index is 0.0145. The van der Waals surface area contributed by atoms with Gasteiger partial charge in [-0.05, 0) is 82.8 Å². The number of rotatable bonds is 7. The molecule has 9 heteroatoms. The highest BCUT2D eigenvalue weighted by Crippen LogP contribution is 2.74. The number of fused-ring (bicyclic) bond motifs is 5. The van der Waals surface area contributed by atoms with E-state index < -0.39 is 40.4 Å². The number of anilines is 1. The molecule has 0 radical (unpaired) electrons. The standard InChI is InChI=1S/C42H28Cl3NO5/c1-2-51-39(49)31-23-30(21-22-32(31)45)46-37(47)35-36(38(46)48)42(27-15-19-29(44)20-16-27)34(25-11-7-4-8-12-25)33(24-9-5-3-6-10-24)41(35,40(42)50)26-13-17-28(43)18-14-26/h3-23,35-36H,2H2,1H3/t35-,36-,41-,42-/m0/s1. The molecule has 2 fully saturated rings. The molecule has 4 atom stereocenters. The Morgan fingerprint density at radius 1 is 0.647 bits per heavy atom. The maximum Gasteiger partial charge on any atom is 0.339 e. The van der Waals surface area contributed by atoms with E-state index in [9.17, 15) is 4.79 Å². The third kappa shape index (κ3) is 4.56. The summed E-state index contributed by atoms with van der Waals surface area (Å²) in [5.41, 5.74) is 0.760. The first-order valence-corrected chi connectivity index (χ1v) is 17.6. The molecule has 1 heterocycles. The molecule has 6 nitrogen and oxygen atoms in total. The number of halogens is 3. The summed E-state index contributed by atoms with van der Waals surface area (Å²) in [6.45, 7) is 1.78. The molecular formula is C42H28Cl3NO5. The fraction of sp³-hybridized carbons (Fsp3) is 0.143. The smallest absolute Gasteiger partial charge is 0.339 e. The molecule has 51 heavy (non-hydrogen) atoms. The predicted molar refractivity (Wildman–Crippen MR) is 198 cm³/mol. The van der Waals surface area contributed by atoms with Crippen molar-refractivity contribution in [3.63, 3.8) is 0 Å². The number of allylic oxidation sites excluding steroid dienone is 2. The number of benzene rings is 5. The molecular weight excluding hydrogens is 705 g/mol. The number of ketones is 1. The summed E-state index contributed by atoms with van der Waals surface area (Å²) >= 11 is 19.3. The van der Waals surface area contributed by atoms with Crippen LogP contribution in [0.15, 0.2) is 127 Å². The second-order valence-electron chi connectivity index (χ2n) is 12.8. The third-order valence-electron chi connectivity index (χ3n) is 10.4. The lowest BCUT2D eigenvalue weighted by molar-refractivity contribution is -0.130. The van der Waals surface area contributed by atoms with Crippen LogP contribution < -0.4 is 4.90 Å². The molecule has 8 rings (SSSR count). The normalized spacial score (nSPS) is 23.6. The zero-order valence-electron chi connectivity index (χ0n) is 27.1. The highest BCUT2D eigenvalue weighted by molar-refractivity contribution is 6.39. The Morgan fingerprint density at radius 2 is 1.10 bits per heavy atom. The molecule has 0 N–H and O–H groups in total. The molecule has 1 saturated carbocycles. The number of hydrogen-bond donors (Lipinski definition) is 0. The van der Waals surface area contributed by atoms with E-state index in [1.54, 1.807) is 55.5 Å². The molecule has 1 saturated heterocycles. The Morgan fingerprint density at radius 3 is 1.53 bits per heavy atom. The maximum absolute atomic E-state index is 16.0. The first kappa shape index (κ1) is 33.2. The number of carbonyl (C=O) groups excluding carboxylic acids is 4. The summed E-state index contributed by atoms with van der Waals surface area (Å²) in [6.07, 6.45) is 0. The van der Waals surface area contributed by atoms with Crippen LogP contribution in [0, 0.1) is 11.8 Å². The zero-order valence-corrected chi connectivity index (χ0v) is 29.4. The lowest BCUT2D eigenvalue weighted by Crippen LogP contribution is -2.45. The van der Waals surface area contributed by atoms with E-state index in [0.717, 1.165) is 16.0 Å². The van der Waals surface area contributed by atoms with Crippen LogP contribution in [-0.2, 0) is 30.0 Å². The van der Waals surface area contributed by atoms with Gasteiger partial charge < -0.3 is 4.74 Å². The number of hydrogen-bond acceptors (Lipinski definition) is 5. The van der Waals surface area contributed by atoms with Crippen molar-refractivity contribution in [3.05, 3.63) is 170 Å². The topological polar surface area (TPSA) is 80.8 Å². The minimum Gasteiger partial charge on any atom is -0.462 e. The van der Waals surface area contributed by atoms with Gasteiger partial charge in [0.2, 0.25) is 11.8 Å². The largest absolute Gasteiger partial charge is 0.462 e. The first-order chi connectivity index (χ1) is 24.7. The monoisotopic (exact) mass is 731 g/mol. The fourth-order valence-corrected chi connectivity index (χ4v) is 9.08. The van der Waals surface area contributed by atoms with Gasteiger partial charge in [-0.25, -0.2) is 9.69 Å². The average molecular weight is 733 g/mol. The van der Waals surface area contributed by atoms with Crippen molar-refractivity contribution >= 4 is 75.2 Å². The van der Waals surface area contributed by atoms with Gasteiger partial charge in [0.1, 0.15) is 0 Å². The van der Waals surface area contributed by atoms with Crippen LogP contribution in [0.4, 0.5) is 5.69 Å². The van der Waals surface area contributed by atoms with Gasteiger partial charge in [-0.15, -0.1) is 0 Å². The average Bonchev–Trinajstić information content (AvgIpc) is 3.65. The fourth-order valence-electron chi connectivity index (χ4n) is 8.63. The Labute approximate surface area is 309 Å². The van der Waals surface area contributed by atoms with Crippen molar-refractivity contribution in [2.75, 3.05) is 11.5 Å². The van der Waals surface area contributed by atoms with Gasteiger partial charge in [0.05, 0.1) is 45.5 Å². The van der Waals surface area contributed by atoms with Crippen molar-refractivity contribution in [2.45, 2.75) is 17.8 Å². The molecule has 0 unspecified atom stereocenters. The zero-order chi connectivity index (χ0) is 35.7. The summed E-state index contributed by atoms with van der Waals surface area (Å²) in [5, 5.41) is 1.02. The molecule has 0 aromatic heterocycles. The minimum atomic E-state index is -1.63. The molecule has 252 valence electrons. The molecule has 3 aliphatic rings. The summed E-state index contributed by atoms with van der Waals surface area (Å²) in [4.78, 5) is 60.6. The number of esters is 1. The lowest BCUT2D eigenvalue weighted by Gasteiger charge is -2.39. The van der Waals surface area contributed by atoms with Gasteiger partial charge >= 0.3 is 5.97 Å². The number of ether oxygens (including phenoxy) is 1. The van der Waals surface area contributed by atoms with Crippen LogP contribution >= 0.6 is 34.8 Å². The molecule has 2 amide bonds. The van der Waals surface area contributed by atoms with Crippen LogP contribution in [0.5, 0.6) is 0 Å². The second kappa shape index (κ2) is 12.3. The predicted octanol–water partition coefficient (Wildman–Crippen LogP) is 9.01. The van der Waals surface area contributed by atoms with Crippen molar-refractivity contribution in [1.29, 1.82) is 0 Å². The van der Waals surface area contributed by atoms with Gasteiger partial charge in [-0.1, -0.05) is 120 Å². The lowest BCUT2D eigenvalue weighted by atomic mass is 9.59. The van der Waals surface area contributed by atoms with Crippen molar-refractivity contribution in [1.82, 2.24) is 0 Å². The summed E-state index contributed by atoms with van der Waals surface area (Å²) in [7, 11) is 0. The van der Waals surface area contributed by atoms with E-state index in [2.05, 4.69) is 0 Å². The van der Waals surface area contributed by atoms with Crippen LogP contribution in [0.1, 0.15) is 39.5 Å². The summed E-state index contributed by atoms with van der Waals surface area (Å²) < 4.78 is 5.22. The number of Topliss-reactive ketones (excluding diaryl/α,β-unsaturated/α-hetero) is 1. The van der Waals surface area contributed by atoms with Gasteiger partial charge in [0.25, 0.3) is 0 Å². The Balaban J connectivity index is 1.50. The van der Waals surface area contributed by atoms with E-state index in [1.807, 2.05) is 60.7 Å². The Bertz CT molecular complexity index is 2160. The van der Waals surface area contributed by atoms with E-state index in [4.69, 9.17) is 39.5 Å². The summed E-state index contributed by atoms with van der Waals surface area (Å²) in [6, 6.07) is 37.3. The van der Waals surface area contributed by atoms with Crippen LogP contribution in [0.3, 0.4) is 0 Å². The number of carbonyl (C=O) groups is 4. The molecule has 2 bridgehead atoms. The molecule has 1 aliphatic heterocycles. The summed E-state index contributed by atoms with van der Waals surface area (Å²) in [5.74, 6) is -4.44. The van der Waals surface area contributed by atoms with E-state index in [0.29, 0.717) is 32.3 Å². The number of amides is 2. The first-order valence-electron chi connectivity index (χ1n) is 16.4. The van der Waals surface area contributed by atoms with E-state index in [1.165, 1.54) is 18.2 Å². The van der Waals surface area contributed by atoms with Crippen LogP contribution in [-0.4, -0.2) is 30.2 Å². The molecule has 0 spiro atoms. The Kier molecular flexibility index (Phi) is 8.02. The SMILES string of the molecule is CCOC(=O)c1cc(N2C(=O)[C@@H]3[C@@H](C2=O)[C@@]2(c4ccc(Cl)cc4)C(=O)[C@@]3(c3ccc(Cl)cc3)C(c3ccccc3)=C2c2ccccc2)ccc1Cl. The molecule has 5 aromatic rings. The quantitative estimate of drug-likeness (QED) is 0.123. The Hall–Kier alpha value is -5.01.